The van der Waals surface area contributed by atoms with Crippen molar-refractivity contribution in [1.29, 1.82) is 0 Å². The minimum atomic E-state index is -0.942. The van der Waals surface area contributed by atoms with Crippen molar-refractivity contribution in [3.63, 3.8) is 0 Å². The maximum atomic E-state index is 12.9. The Morgan fingerprint density at radius 1 is 1.15 bits per heavy atom. The highest BCUT2D eigenvalue weighted by Gasteiger charge is 2.40. The predicted octanol–water partition coefficient (Wildman–Crippen LogP) is 4.17. The van der Waals surface area contributed by atoms with Gasteiger partial charge in [0, 0.05) is 12.1 Å². The number of fused-ring (bicyclic) bond motifs is 1. The first-order valence-corrected chi connectivity index (χ1v) is 9.13. The third-order valence-corrected chi connectivity index (χ3v) is 4.60. The highest BCUT2D eigenvalue weighted by molar-refractivity contribution is 6.04. The number of nitrogens with zero attached hydrogens (tertiary/aromatic N) is 1. The Balaban J connectivity index is 1.73. The highest BCUT2D eigenvalue weighted by Crippen LogP contribution is 2.38. The second kappa shape index (κ2) is 7.43. The van der Waals surface area contributed by atoms with Crippen molar-refractivity contribution in [2.75, 3.05) is 18.1 Å². The zero-order valence-electron chi connectivity index (χ0n) is 16.2. The molecule has 3 rings (SSSR count). The fourth-order valence-corrected chi connectivity index (χ4v) is 3.06. The molecule has 0 N–H and O–H groups in total. The second-order valence-corrected chi connectivity index (χ2v) is 7.32. The van der Waals surface area contributed by atoms with Crippen LogP contribution in [0.1, 0.15) is 43.1 Å². The average molecular weight is 367 g/mol. The first-order chi connectivity index (χ1) is 12.8. The van der Waals surface area contributed by atoms with Crippen molar-refractivity contribution >= 4 is 17.4 Å². The standard InChI is InChI=1S/C22H25NO4/c1-15-6-9-18(10-7-15)26-13-5-12-23-19-14-17(16(2)24)8-11-20(19)27-22(3,4)21(23)25/h6-11,14H,5,12-13H2,1-4H3. The van der Waals surface area contributed by atoms with Crippen LogP contribution in [-0.4, -0.2) is 30.4 Å². The van der Waals surface area contributed by atoms with Crippen LogP contribution in [0.25, 0.3) is 0 Å². The number of aryl methyl sites for hydroxylation is 1. The maximum Gasteiger partial charge on any atom is 0.270 e. The van der Waals surface area contributed by atoms with E-state index in [1.54, 1.807) is 36.9 Å². The van der Waals surface area contributed by atoms with Crippen LogP contribution in [0.2, 0.25) is 0 Å². The topological polar surface area (TPSA) is 55.8 Å². The number of anilines is 1. The summed E-state index contributed by atoms with van der Waals surface area (Å²) in [5, 5.41) is 0. The maximum absolute atomic E-state index is 12.9. The van der Waals surface area contributed by atoms with Gasteiger partial charge >= 0.3 is 0 Å². The van der Waals surface area contributed by atoms with Crippen molar-refractivity contribution < 1.29 is 19.1 Å². The molecule has 5 heteroatoms. The molecule has 1 aliphatic rings. The van der Waals surface area contributed by atoms with Gasteiger partial charge in [-0.05, 0) is 64.4 Å². The first kappa shape index (κ1) is 19.0. The molecular weight excluding hydrogens is 342 g/mol. The molecule has 1 heterocycles. The minimum absolute atomic E-state index is 0.0438. The third-order valence-electron chi connectivity index (χ3n) is 4.60. The molecule has 142 valence electrons. The molecule has 5 nitrogen and oxygen atoms in total. The number of amides is 1. The molecule has 0 saturated carbocycles. The van der Waals surface area contributed by atoms with E-state index in [1.165, 1.54) is 12.5 Å². The van der Waals surface area contributed by atoms with E-state index in [9.17, 15) is 9.59 Å². The minimum Gasteiger partial charge on any atom is -0.494 e. The number of carbonyl (C=O) groups is 2. The van der Waals surface area contributed by atoms with Gasteiger partial charge < -0.3 is 14.4 Å². The fourth-order valence-electron chi connectivity index (χ4n) is 3.06. The van der Waals surface area contributed by atoms with Gasteiger partial charge in [0.15, 0.2) is 11.4 Å². The zero-order chi connectivity index (χ0) is 19.6. The Morgan fingerprint density at radius 3 is 2.52 bits per heavy atom. The zero-order valence-corrected chi connectivity index (χ0v) is 16.2. The molecular formula is C22H25NO4. The van der Waals surface area contributed by atoms with E-state index in [2.05, 4.69) is 0 Å². The molecule has 0 atom stereocenters. The van der Waals surface area contributed by atoms with Crippen molar-refractivity contribution in [3.8, 4) is 11.5 Å². The Kier molecular flexibility index (Phi) is 5.22. The van der Waals surface area contributed by atoms with Crippen LogP contribution in [0, 0.1) is 6.92 Å². The molecule has 2 aromatic carbocycles. The largest absolute Gasteiger partial charge is 0.494 e. The Bertz CT molecular complexity index is 855. The number of ether oxygens (including phenoxy) is 2. The van der Waals surface area contributed by atoms with Crippen molar-refractivity contribution in [2.45, 2.75) is 39.7 Å². The lowest BCUT2D eigenvalue weighted by atomic mass is 10.0. The first-order valence-electron chi connectivity index (χ1n) is 9.13. The summed E-state index contributed by atoms with van der Waals surface area (Å²) in [5.74, 6) is 1.27. The van der Waals surface area contributed by atoms with Crippen molar-refractivity contribution in [1.82, 2.24) is 0 Å². The normalized spacial score (nSPS) is 15.1. The lowest BCUT2D eigenvalue weighted by molar-refractivity contribution is -0.132. The smallest absolute Gasteiger partial charge is 0.270 e. The highest BCUT2D eigenvalue weighted by atomic mass is 16.5. The summed E-state index contributed by atoms with van der Waals surface area (Å²) in [6.07, 6.45) is 0.666. The Morgan fingerprint density at radius 2 is 1.85 bits per heavy atom. The van der Waals surface area contributed by atoms with E-state index >= 15 is 0 Å². The van der Waals surface area contributed by atoms with E-state index in [0.717, 1.165) is 5.75 Å². The summed E-state index contributed by atoms with van der Waals surface area (Å²) >= 11 is 0. The van der Waals surface area contributed by atoms with E-state index in [0.29, 0.717) is 36.6 Å². The summed E-state index contributed by atoms with van der Waals surface area (Å²) in [4.78, 5) is 26.3. The van der Waals surface area contributed by atoms with Gasteiger partial charge in [-0.1, -0.05) is 17.7 Å². The van der Waals surface area contributed by atoms with Crippen LogP contribution in [0.15, 0.2) is 42.5 Å². The van der Waals surface area contributed by atoms with Crippen LogP contribution in [0.4, 0.5) is 5.69 Å². The van der Waals surface area contributed by atoms with Gasteiger partial charge in [0.25, 0.3) is 5.91 Å². The number of hydrogen-bond donors (Lipinski definition) is 0. The molecule has 0 radical (unpaired) electrons. The Labute approximate surface area is 159 Å². The van der Waals surface area contributed by atoms with Crippen molar-refractivity contribution in [3.05, 3.63) is 53.6 Å². The van der Waals surface area contributed by atoms with Crippen LogP contribution >= 0.6 is 0 Å². The number of ketones is 1. The average Bonchev–Trinajstić information content (AvgIpc) is 2.62. The SMILES string of the molecule is CC(=O)c1ccc2c(c1)N(CCCOc1ccc(C)cc1)C(=O)C(C)(C)O2. The monoisotopic (exact) mass is 367 g/mol. The van der Waals surface area contributed by atoms with Gasteiger partial charge in [0.1, 0.15) is 11.5 Å². The summed E-state index contributed by atoms with van der Waals surface area (Å²) in [7, 11) is 0. The molecule has 27 heavy (non-hydrogen) atoms. The van der Waals surface area contributed by atoms with Gasteiger partial charge in [-0.15, -0.1) is 0 Å². The number of benzene rings is 2. The van der Waals surface area contributed by atoms with E-state index in [4.69, 9.17) is 9.47 Å². The third kappa shape index (κ3) is 4.13. The molecule has 0 unspecified atom stereocenters. The number of carbonyl (C=O) groups excluding carboxylic acids is 2. The van der Waals surface area contributed by atoms with E-state index in [1.807, 2.05) is 31.2 Å². The summed E-state index contributed by atoms with van der Waals surface area (Å²) in [5.41, 5.74) is 1.44. The molecule has 0 aromatic heterocycles. The van der Waals surface area contributed by atoms with Crippen LogP contribution in [-0.2, 0) is 4.79 Å². The summed E-state index contributed by atoms with van der Waals surface area (Å²) in [6, 6.07) is 13.1. The number of hydrogen-bond acceptors (Lipinski definition) is 4. The molecule has 1 aliphatic heterocycles. The van der Waals surface area contributed by atoms with Gasteiger partial charge in [-0.25, -0.2) is 0 Å². The molecule has 1 amide bonds. The molecule has 0 saturated heterocycles. The quantitative estimate of drug-likeness (QED) is 0.568. The van der Waals surface area contributed by atoms with Crippen molar-refractivity contribution in [2.24, 2.45) is 0 Å². The molecule has 2 aromatic rings. The predicted molar refractivity (Wildman–Crippen MR) is 105 cm³/mol. The molecule has 0 bridgehead atoms. The Hall–Kier alpha value is -2.82. The number of Topliss-reactive ketones (excluding diaryl/α,β-unsaturated/α-hetero) is 1. The lowest BCUT2D eigenvalue weighted by Gasteiger charge is -2.39. The molecule has 0 spiro atoms. The van der Waals surface area contributed by atoms with Gasteiger partial charge in [0.2, 0.25) is 0 Å². The van der Waals surface area contributed by atoms with Gasteiger partial charge in [0.05, 0.1) is 12.3 Å². The summed E-state index contributed by atoms with van der Waals surface area (Å²) < 4.78 is 11.6. The molecule has 0 fully saturated rings. The molecule has 0 aliphatic carbocycles. The van der Waals surface area contributed by atoms with Gasteiger partial charge in [-0.3, -0.25) is 9.59 Å². The number of rotatable bonds is 6. The fraction of sp³-hybridized carbons (Fsp3) is 0.364. The van der Waals surface area contributed by atoms with Crippen LogP contribution in [0.5, 0.6) is 11.5 Å². The van der Waals surface area contributed by atoms with Crippen LogP contribution in [0.3, 0.4) is 0 Å². The van der Waals surface area contributed by atoms with Crippen LogP contribution < -0.4 is 14.4 Å². The van der Waals surface area contributed by atoms with Gasteiger partial charge in [-0.2, -0.15) is 0 Å². The van der Waals surface area contributed by atoms with E-state index < -0.39 is 5.60 Å². The summed E-state index contributed by atoms with van der Waals surface area (Å²) in [6.45, 7) is 8.04. The lowest BCUT2D eigenvalue weighted by Crippen LogP contribution is -2.53. The van der Waals surface area contributed by atoms with E-state index in [-0.39, 0.29) is 11.7 Å². The second-order valence-electron chi connectivity index (χ2n) is 7.32.